The minimum atomic E-state index is -4.12. The van der Waals surface area contributed by atoms with Crippen molar-refractivity contribution in [3.05, 3.63) is 88.7 Å². The van der Waals surface area contributed by atoms with Gasteiger partial charge in [-0.2, -0.15) is 0 Å². The fourth-order valence-corrected chi connectivity index (χ4v) is 5.29. The minimum Gasteiger partial charge on any atom is -0.494 e. The van der Waals surface area contributed by atoms with Crippen molar-refractivity contribution < 1.29 is 22.3 Å². The fraction of sp³-hybridized carbons (Fsp3) is 0.296. The lowest BCUT2D eigenvalue weighted by Crippen LogP contribution is -2.41. The Morgan fingerprint density at radius 1 is 0.971 bits per heavy atom. The lowest BCUT2D eigenvalue weighted by atomic mass is 9.96. The zero-order valence-electron chi connectivity index (χ0n) is 20.6. The van der Waals surface area contributed by atoms with Gasteiger partial charge >= 0.3 is 0 Å². The summed E-state index contributed by atoms with van der Waals surface area (Å²) in [6, 6.07) is 14.7. The van der Waals surface area contributed by atoms with Crippen LogP contribution >= 0.6 is 0 Å². The molecule has 0 aliphatic rings. The summed E-state index contributed by atoms with van der Waals surface area (Å²) < 4.78 is 47.0. The van der Waals surface area contributed by atoms with Gasteiger partial charge in [-0.15, -0.1) is 0 Å². The zero-order chi connectivity index (χ0) is 25.8. The van der Waals surface area contributed by atoms with Gasteiger partial charge < -0.3 is 10.1 Å². The lowest BCUT2D eigenvalue weighted by molar-refractivity contribution is -0.120. The zero-order valence-corrected chi connectivity index (χ0v) is 21.4. The quantitative estimate of drug-likeness (QED) is 0.439. The predicted octanol–water partition coefficient (Wildman–Crippen LogP) is 5.22. The van der Waals surface area contributed by atoms with E-state index >= 15 is 0 Å². The first-order valence-corrected chi connectivity index (χ1v) is 12.8. The van der Waals surface area contributed by atoms with Crippen molar-refractivity contribution in [3.8, 4) is 5.75 Å². The van der Waals surface area contributed by atoms with Crippen LogP contribution in [0.15, 0.2) is 65.6 Å². The number of carbonyl (C=O) groups excluding carboxylic acids is 1. The van der Waals surface area contributed by atoms with Gasteiger partial charge in [0.05, 0.1) is 23.2 Å². The molecule has 0 heterocycles. The van der Waals surface area contributed by atoms with Gasteiger partial charge in [0.1, 0.15) is 18.1 Å². The van der Waals surface area contributed by atoms with E-state index in [9.17, 15) is 17.6 Å². The molecule has 0 fully saturated rings. The van der Waals surface area contributed by atoms with Crippen LogP contribution in [0.25, 0.3) is 0 Å². The molecule has 1 amide bonds. The number of benzene rings is 3. The number of hydrogen-bond acceptors (Lipinski definition) is 4. The van der Waals surface area contributed by atoms with Crippen molar-refractivity contribution in [2.75, 3.05) is 17.5 Å². The maximum atomic E-state index is 13.5. The number of anilines is 1. The molecule has 1 N–H and O–H groups in total. The van der Waals surface area contributed by atoms with E-state index in [1.807, 2.05) is 40.7 Å². The van der Waals surface area contributed by atoms with E-state index in [4.69, 9.17) is 4.74 Å². The largest absolute Gasteiger partial charge is 0.494 e. The summed E-state index contributed by atoms with van der Waals surface area (Å²) in [5.74, 6) is -0.445. The summed E-state index contributed by atoms with van der Waals surface area (Å²) in [6.07, 6.45) is 0. The third kappa shape index (κ3) is 6.19. The van der Waals surface area contributed by atoms with Crippen LogP contribution in [0.3, 0.4) is 0 Å². The second kappa shape index (κ2) is 10.9. The van der Waals surface area contributed by atoms with Gasteiger partial charge in [-0.3, -0.25) is 9.10 Å². The summed E-state index contributed by atoms with van der Waals surface area (Å²) in [5, 5.41) is 2.91. The van der Waals surface area contributed by atoms with Gasteiger partial charge in [0.25, 0.3) is 10.0 Å². The van der Waals surface area contributed by atoms with Gasteiger partial charge in [-0.05, 0) is 105 Å². The molecule has 0 aliphatic heterocycles. The van der Waals surface area contributed by atoms with Crippen LogP contribution in [-0.4, -0.2) is 27.5 Å². The van der Waals surface area contributed by atoms with Crippen molar-refractivity contribution in [1.82, 2.24) is 5.32 Å². The number of sulfonamides is 1. The summed E-state index contributed by atoms with van der Waals surface area (Å²) in [5.41, 5.74) is 4.46. The highest BCUT2D eigenvalue weighted by atomic mass is 32.2. The average Bonchev–Trinajstić information content (AvgIpc) is 2.81. The van der Waals surface area contributed by atoms with Crippen LogP contribution in [-0.2, 0) is 14.8 Å². The molecule has 0 radical (unpaired) electrons. The van der Waals surface area contributed by atoms with E-state index in [-0.39, 0.29) is 16.6 Å². The second-order valence-corrected chi connectivity index (χ2v) is 10.3. The highest BCUT2D eigenvalue weighted by Crippen LogP contribution is 2.26. The van der Waals surface area contributed by atoms with Crippen molar-refractivity contribution in [2.24, 2.45) is 0 Å². The molecule has 8 heteroatoms. The van der Waals surface area contributed by atoms with E-state index in [1.54, 1.807) is 12.1 Å². The summed E-state index contributed by atoms with van der Waals surface area (Å²) >= 11 is 0. The third-order valence-electron chi connectivity index (χ3n) is 5.85. The normalized spacial score (nSPS) is 12.2. The molecule has 0 spiro atoms. The Morgan fingerprint density at radius 3 is 2.17 bits per heavy atom. The molecule has 0 saturated heterocycles. The van der Waals surface area contributed by atoms with Gasteiger partial charge in [0.2, 0.25) is 5.91 Å². The molecule has 3 aromatic carbocycles. The first-order valence-electron chi connectivity index (χ1n) is 11.4. The summed E-state index contributed by atoms with van der Waals surface area (Å²) in [7, 11) is -4.12. The van der Waals surface area contributed by atoms with Gasteiger partial charge in [0.15, 0.2) is 0 Å². The molecular weight excluding hydrogens is 467 g/mol. The SMILES string of the molecule is CCOc1ccc(S(=O)(=O)N(CC(=O)NC(C)c2cc(C)c(C)cc2C)c2ccc(F)cc2)cc1. The third-order valence-corrected chi connectivity index (χ3v) is 7.64. The molecule has 0 aliphatic carbocycles. The Hall–Kier alpha value is -3.39. The number of aryl methyl sites for hydroxylation is 3. The second-order valence-electron chi connectivity index (χ2n) is 8.47. The molecule has 1 unspecified atom stereocenters. The van der Waals surface area contributed by atoms with Crippen LogP contribution < -0.4 is 14.4 Å². The minimum absolute atomic E-state index is 0.00358. The van der Waals surface area contributed by atoms with Crippen LogP contribution in [0, 0.1) is 26.6 Å². The van der Waals surface area contributed by atoms with Crippen molar-refractivity contribution in [2.45, 2.75) is 45.6 Å². The standard InChI is InChI=1S/C27H31FN2O4S/c1-6-34-24-11-13-25(14-12-24)35(32,33)30(23-9-7-22(28)8-10-23)17-27(31)29-21(5)26-16-19(3)18(2)15-20(26)4/h7-16,21H,6,17H2,1-5H3,(H,29,31). The molecule has 3 aromatic rings. The Kier molecular flexibility index (Phi) is 8.17. The Balaban J connectivity index is 1.89. The van der Waals surface area contributed by atoms with Crippen molar-refractivity contribution in [3.63, 3.8) is 0 Å². The van der Waals surface area contributed by atoms with Crippen LogP contribution in [0.5, 0.6) is 5.75 Å². The molecule has 0 saturated carbocycles. The topological polar surface area (TPSA) is 75.7 Å². The maximum Gasteiger partial charge on any atom is 0.264 e. The lowest BCUT2D eigenvalue weighted by Gasteiger charge is -2.25. The Bertz CT molecular complexity index is 1290. The van der Waals surface area contributed by atoms with E-state index in [0.29, 0.717) is 12.4 Å². The number of carbonyl (C=O) groups is 1. The number of nitrogens with zero attached hydrogens (tertiary/aromatic N) is 1. The smallest absolute Gasteiger partial charge is 0.264 e. The van der Waals surface area contributed by atoms with Crippen molar-refractivity contribution in [1.29, 1.82) is 0 Å². The van der Waals surface area contributed by atoms with Crippen molar-refractivity contribution >= 4 is 21.6 Å². The maximum absolute atomic E-state index is 13.5. The fourth-order valence-electron chi connectivity index (χ4n) is 3.87. The molecule has 186 valence electrons. The number of amides is 1. The molecular formula is C27H31FN2O4S. The number of halogens is 1. The van der Waals surface area contributed by atoms with E-state index in [0.717, 1.165) is 38.7 Å². The first-order chi connectivity index (χ1) is 16.5. The predicted molar refractivity (Wildman–Crippen MR) is 136 cm³/mol. The highest BCUT2D eigenvalue weighted by molar-refractivity contribution is 7.92. The Morgan fingerprint density at radius 2 is 1.57 bits per heavy atom. The van der Waals surface area contributed by atoms with E-state index < -0.39 is 28.3 Å². The van der Waals surface area contributed by atoms with Crippen LogP contribution in [0.1, 0.15) is 42.1 Å². The molecule has 1 atom stereocenters. The number of hydrogen-bond donors (Lipinski definition) is 1. The monoisotopic (exact) mass is 498 g/mol. The number of ether oxygens (including phenoxy) is 1. The molecule has 0 aromatic heterocycles. The highest BCUT2D eigenvalue weighted by Gasteiger charge is 2.28. The first kappa shape index (κ1) is 26.2. The van der Waals surface area contributed by atoms with Gasteiger partial charge in [0, 0.05) is 0 Å². The number of nitrogens with one attached hydrogen (secondary N) is 1. The Labute approximate surface area is 206 Å². The molecule has 0 bridgehead atoms. The van der Waals surface area contributed by atoms with Gasteiger partial charge in [-0.25, -0.2) is 12.8 Å². The molecule has 3 rings (SSSR count). The average molecular weight is 499 g/mol. The van der Waals surface area contributed by atoms with Crippen LogP contribution in [0.4, 0.5) is 10.1 Å². The summed E-state index contributed by atoms with van der Waals surface area (Å²) in [4.78, 5) is 13.0. The molecule has 35 heavy (non-hydrogen) atoms. The summed E-state index contributed by atoms with van der Waals surface area (Å²) in [6.45, 7) is 9.69. The van der Waals surface area contributed by atoms with E-state index in [2.05, 4.69) is 11.4 Å². The van der Waals surface area contributed by atoms with E-state index in [1.165, 1.54) is 24.3 Å². The van der Waals surface area contributed by atoms with Gasteiger partial charge in [-0.1, -0.05) is 12.1 Å². The molecule has 6 nitrogen and oxygen atoms in total. The van der Waals surface area contributed by atoms with Crippen LogP contribution in [0.2, 0.25) is 0 Å². The number of rotatable bonds is 9.